The van der Waals surface area contributed by atoms with Crippen LogP contribution < -0.4 is 10.5 Å². The molecule has 2 rings (SSSR count). The average Bonchev–Trinajstić information content (AvgIpc) is 2.45. The zero-order valence-electron chi connectivity index (χ0n) is 12.8. The normalized spacial score (nSPS) is 22.0. The molecule has 0 aromatic heterocycles. The SMILES string of the molecule is CN(Cc1c(F)cccc1Cl)S(=O)(=O)NC1CCC(N)CC1.Cl. The van der Waals surface area contributed by atoms with Gasteiger partial charge in [0.1, 0.15) is 5.82 Å². The molecule has 1 aromatic rings. The quantitative estimate of drug-likeness (QED) is 0.816. The van der Waals surface area contributed by atoms with E-state index >= 15 is 0 Å². The maximum absolute atomic E-state index is 13.8. The van der Waals surface area contributed by atoms with E-state index in [0.717, 1.165) is 17.1 Å². The van der Waals surface area contributed by atoms with Gasteiger partial charge in [0.2, 0.25) is 0 Å². The van der Waals surface area contributed by atoms with E-state index in [1.807, 2.05) is 0 Å². The monoisotopic (exact) mass is 385 g/mol. The van der Waals surface area contributed by atoms with Gasteiger partial charge >= 0.3 is 0 Å². The molecule has 1 aliphatic rings. The van der Waals surface area contributed by atoms with Crippen LogP contribution in [0.1, 0.15) is 31.2 Å². The minimum atomic E-state index is -3.69. The maximum atomic E-state index is 13.8. The summed E-state index contributed by atoms with van der Waals surface area (Å²) >= 11 is 5.94. The van der Waals surface area contributed by atoms with Crippen LogP contribution in [0.5, 0.6) is 0 Å². The summed E-state index contributed by atoms with van der Waals surface area (Å²) in [5.74, 6) is -0.516. The first-order chi connectivity index (χ1) is 10.3. The molecule has 5 nitrogen and oxygen atoms in total. The largest absolute Gasteiger partial charge is 0.328 e. The van der Waals surface area contributed by atoms with E-state index in [2.05, 4.69) is 4.72 Å². The molecule has 0 amide bonds. The third-order valence-corrected chi connectivity index (χ3v) is 5.88. The molecule has 9 heteroatoms. The summed E-state index contributed by atoms with van der Waals surface area (Å²) in [5, 5.41) is 0.214. The number of rotatable bonds is 5. The molecule has 1 fully saturated rings. The van der Waals surface area contributed by atoms with Crippen LogP contribution in [0.15, 0.2) is 18.2 Å². The number of halogens is 3. The fraction of sp³-hybridized carbons (Fsp3) is 0.571. The van der Waals surface area contributed by atoms with Gasteiger partial charge in [0.05, 0.1) is 0 Å². The predicted octanol–water partition coefficient (Wildman–Crippen LogP) is 2.44. The smallest absolute Gasteiger partial charge is 0.279 e. The third kappa shape index (κ3) is 5.55. The van der Waals surface area contributed by atoms with E-state index in [4.69, 9.17) is 17.3 Å². The van der Waals surface area contributed by atoms with E-state index in [1.165, 1.54) is 25.2 Å². The van der Waals surface area contributed by atoms with Crippen LogP contribution in [0, 0.1) is 5.82 Å². The molecule has 0 radical (unpaired) electrons. The molecule has 0 atom stereocenters. The van der Waals surface area contributed by atoms with Gasteiger partial charge in [-0.3, -0.25) is 0 Å². The van der Waals surface area contributed by atoms with Crippen molar-refractivity contribution in [3.8, 4) is 0 Å². The molecular formula is C14H22Cl2FN3O2S. The Balaban J connectivity index is 0.00000264. The molecule has 0 bridgehead atoms. The van der Waals surface area contributed by atoms with Crippen LogP contribution in [-0.4, -0.2) is 31.9 Å². The van der Waals surface area contributed by atoms with Gasteiger partial charge in [-0.05, 0) is 37.8 Å². The van der Waals surface area contributed by atoms with Gasteiger partial charge in [0.25, 0.3) is 10.2 Å². The molecule has 0 saturated heterocycles. The van der Waals surface area contributed by atoms with Crippen LogP contribution in [0.2, 0.25) is 5.02 Å². The number of nitrogens with zero attached hydrogens (tertiary/aromatic N) is 1. The van der Waals surface area contributed by atoms with Crippen LogP contribution in [0.3, 0.4) is 0 Å². The average molecular weight is 386 g/mol. The van der Waals surface area contributed by atoms with Gasteiger partial charge in [0, 0.05) is 36.3 Å². The summed E-state index contributed by atoms with van der Waals surface area (Å²) in [4.78, 5) is 0. The summed E-state index contributed by atoms with van der Waals surface area (Å²) in [6.07, 6.45) is 3.04. The van der Waals surface area contributed by atoms with Crippen molar-refractivity contribution in [2.24, 2.45) is 5.73 Å². The zero-order chi connectivity index (χ0) is 16.3. The lowest BCUT2D eigenvalue weighted by Gasteiger charge is -2.28. The van der Waals surface area contributed by atoms with Gasteiger partial charge < -0.3 is 5.73 Å². The Bertz CT molecular complexity index is 602. The van der Waals surface area contributed by atoms with Crippen LogP contribution in [-0.2, 0) is 16.8 Å². The molecule has 0 heterocycles. The number of nitrogens with one attached hydrogen (secondary N) is 1. The second kappa shape index (κ2) is 8.60. The number of benzene rings is 1. The highest BCUT2D eigenvalue weighted by Gasteiger charge is 2.26. The fourth-order valence-electron chi connectivity index (χ4n) is 2.53. The van der Waals surface area contributed by atoms with Crippen molar-refractivity contribution in [2.75, 3.05) is 7.05 Å². The first-order valence-corrected chi connectivity index (χ1v) is 9.03. The van der Waals surface area contributed by atoms with Gasteiger partial charge in [-0.15, -0.1) is 12.4 Å². The molecular weight excluding hydrogens is 364 g/mol. The van der Waals surface area contributed by atoms with Gasteiger partial charge in [-0.25, -0.2) is 4.39 Å². The number of nitrogens with two attached hydrogens (primary N) is 1. The summed E-state index contributed by atoms with van der Waals surface area (Å²) in [5.41, 5.74) is 5.98. The number of hydrogen-bond acceptors (Lipinski definition) is 3. The summed E-state index contributed by atoms with van der Waals surface area (Å²) in [6, 6.07) is 4.31. The molecule has 0 spiro atoms. The topological polar surface area (TPSA) is 75.4 Å². The molecule has 0 aliphatic heterocycles. The molecule has 1 saturated carbocycles. The molecule has 1 aliphatic carbocycles. The van der Waals surface area contributed by atoms with Crippen molar-refractivity contribution in [1.82, 2.24) is 9.03 Å². The van der Waals surface area contributed by atoms with Gasteiger partial charge in [0.15, 0.2) is 0 Å². The summed E-state index contributed by atoms with van der Waals surface area (Å²) < 4.78 is 42.1. The van der Waals surface area contributed by atoms with Gasteiger partial charge in [-0.1, -0.05) is 17.7 Å². The van der Waals surface area contributed by atoms with E-state index < -0.39 is 16.0 Å². The lowest BCUT2D eigenvalue weighted by Crippen LogP contribution is -2.46. The highest BCUT2D eigenvalue weighted by Crippen LogP contribution is 2.22. The minimum absolute atomic E-state index is 0. The highest BCUT2D eigenvalue weighted by molar-refractivity contribution is 7.87. The summed E-state index contributed by atoms with van der Waals surface area (Å²) in [6.45, 7) is -0.118. The van der Waals surface area contributed by atoms with Crippen LogP contribution in [0.25, 0.3) is 0 Å². The van der Waals surface area contributed by atoms with Crippen molar-refractivity contribution in [3.63, 3.8) is 0 Å². The highest BCUT2D eigenvalue weighted by atomic mass is 35.5. The lowest BCUT2D eigenvalue weighted by molar-refractivity contribution is 0.361. The second-order valence-corrected chi connectivity index (χ2v) is 7.91. The predicted molar refractivity (Wildman–Crippen MR) is 92.4 cm³/mol. The second-order valence-electron chi connectivity index (χ2n) is 5.69. The Morgan fingerprint density at radius 1 is 1.35 bits per heavy atom. The van der Waals surface area contributed by atoms with Crippen molar-refractivity contribution < 1.29 is 12.8 Å². The number of hydrogen-bond donors (Lipinski definition) is 2. The fourth-order valence-corrected chi connectivity index (χ4v) is 3.89. The first kappa shape index (κ1) is 20.6. The lowest BCUT2D eigenvalue weighted by atomic mass is 9.93. The molecule has 0 unspecified atom stereocenters. The Morgan fingerprint density at radius 2 is 1.96 bits per heavy atom. The molecule has 132 valence electrons. The van der Waals surface area contributed by atoms with Crippen LogP contribution in [0.4, 0.5) is 4.39 Å². The van der Waals surface area contributed by atoms with E-state index in [0.29, 0.717) is 12.8 Å². The third-order valence-electron chi connectivity index (χ3n) is 3.94. The van der Waals surface area contributed by atoms with E-state index in [9.17, 15) is 12.8 Å². The Morgan fingerprint density at radius 3 is 2.52 bits per heavy atom. The first-order valence-electron chi connectivity index (χ1n) is 7.21. The maximum Gasteiger partial charge on any atom is 0.279 e. The standard InChI is InChI=1S/C14H21ClFN3O2S.ClH/c1-19(9-12-13(15)3-2-4-14(12)16)22(20,21)18-11-7-5-10(17)6-8-11;/h2-4,10-11,18H,5-9,17H2,1H3;1H. The zero-order valence-corrected chi connectivity index (χ0v) is 15.2. The van der Waals surface area contributed by atoms with Crippen molar-refractivity contribution in [1.29, 1.82) is 0 Å². The Kier molecular flexibility index (Phi) is 7.70. The van der Waals surface area contributed by atoms with E-state index in [1.54, 1.807) is 0 Å². The molecule has 1 aromatic carbocycles. The molecule has 3 N–H and O–H groups in total. The van der Waals surface area contributed by atoms with Crippen molar-refractivity contribution >= 4 is 34.2 Å². The molecule has 23 heavy (non-hydrogen) atoms. The van der Waals surface area contributed by atoms with E-state index in [-0.39, 0.29) is 41.6 Å². The van der Waals surface area contributed by atoms with Crippen molar-refractivity contribution in [3.05, 3.63) is 34.6 Å². The minimum Gasteiger partial charge on any atom is -0.328 e. The summed E-state index contributed by atoms with van der Waals surface area (Å²) in [7, 11) is -2.29. The Labute approximate surface area is 148 Å². The van der Waals surface area contributed by atoms with Crippen molar-refractivity contribution in [2.45, 2.75) is 44.3 Å². The Hall–Kier alpha value is -0.440. The van der Waals surface area contributed by atoms with Gasteiger partial charge in [-0.2, -0.15) is 17.4 Å². The van der Waals surface area contributed by atoms with Crippen LogP contribution >= 0.6 is 24.0 Å².